The van der Waals surface area contributed by atoms with E-state index >= 15 is 4.39 Å². The van der Waals surface area contributed by atoms with Crippen LogP contribution in [-0.2, 0) is 14.8 Å². The normalized spacial score (nSPS) is 19.7. The minimum absolute atomic E-state index is 0.0185. The first-order chi connectivity index (χ1) is 20.1. The predicted octanol–water partition coefficient (Wildman–Crippen LogP) is 5.87. The van der Waals surface area contributed by atoms with Gasteiger partial charge < -0.3 is 15.8 Å². The topological polar surface area (TPSA) is 124 Å². The van der Waals surface area contributed by atoms with Gasteiger partial charge in [-0.2, -0.15) is 5.10 Å². The second-order valence-corrected chi connectivity index (χ2v) is 13.4. The summed E-state index contributed by atoms with van der Waals surface area (Å²) in [5, 5.41) is 9.33. The average molecular weight is 613 g/mol. The average Bonchev–Trinajstić information content (AvgIpc) is 3.35. The highest BCUT2D eigenvalue weighted by molar-refractivity contribution is 7.92. The number of nitrogens with two attached hydrogens (primary N) is 1. The third-order valence-electron chi connectivity index (χ3n) is 8.16. The molecule has 42 heavy (non-hydrogen) atoms. The number of halogens is 2. The number of pyridine rings is 1. The van der Waals surface area contributed by atoms with Crippen molar-refractivity contribution in [2.45, 2.75) is 68.5 Å². The van der Waals surface area contributed by atoms with Gasteiger partial charge in [0.25, 0.3) is 10.0 Å². The Morgan fingerprint density at radius 2 is 1.83 bits per heavy atom. The van der Waals surface area contributed by atoms with Crippen LogP contribution < -0.4 is 15.8 Å². The van der Waals surface area contributed by atoms with Crippen LogP contribution in [0.2, 0.25) is 5.02 Å². The van der Waals surface area contributed by atoms with Gasteiger partial charge >= 0.3 is 0 Å². The summed E-state index contributed by atoms with van der Waals surface area (Å²) in [6.07, 6.45) is 6.02. The van der Waals surface area contributed by atoms with Gasteiger partial charge in [-0.3, -0.25) is 9.40 Å². The molecule has 0 unspecified atom stereocenters. The molecule has 0 spiro atoms. The van der Waals surface area contributed by atoms with E-state index in [0.717, 1.165) is 50.0 Å². The number of nitrogens with one attached hydrogen (secondary N) is 2. The predicted molar refractivity (Wildman–Crippen MR) is 163 cm³/mol. The number of hydrogen-bond donors (Lipinski definition) is 3. The molecule has 9 nitrogen and oxygen atoms in total. The number of aromatic nitrogens is 3. The van der Waals surface area contributed by atoms with Crippen LogP contribution in [0.3, 0.4) is 0 Å². The first-order valence-corrected chi connectivity index (χ1v) is 16.1. The van der Waals surface area contributed by atoms with E-state index in [9.17, 15) is 8.42 Å². The van der Waals surface area contributed by atoms with Crippen LogP contribution in [-0.4, -0.2) is 48.5 Å². The number of benzene rings is 2. The second kappa shape index (κ2) is 11.4. The Morgan fingerprint density at radius 3 is 2.48 bits per heavy atom. The lowest BCUT2D eigenvalue weighted by atomic mass is 9.81. The maximum absolute atomic E-state index is 15.4. The van der Waals surface area contributed by atoms with E-state index in [0.29, 0.717) is 40.5 Å². The Kier molecular flexibility index (Phi) is 7.86. The van der Waals surface area contributed by atoms with Gasteiger partial charge in [0.2, 0.25) is 0 Å². The van der Waals surface area contributed by atoms with Gasteiger partial charge in [0, 0.05) is 23.8 Å². The standard InChI is InChI=1S/C30H34ClFN6O3S/c1-17(2)38-29-22(18-7-10-20(11-8-18)35-21-15-41-16-21)14-34-30(33)27(29)28(36-38)19-9-12-25(24(32)13-19)37-42(39,40)26-6-4-3-5-23(26)31/h3-6,9,12-14,17-18,20-21,35,37H,7-8,10-11,15-16H2,1-2H3,(H2,33,34). The lowest BCUT2D eigenvalue weighted by Gasteiger charge is -2.35. The van der Waals surface area contributed by atoms with Crippen molar-refractivity contribution in [2.75, 3.05) is 23.7 Å². The van der Waals surface area contributed by atoms with E-state index in [-0.39, 0.29) is 21.6 Å². The number of nitrogen functional groups attached to an aromatic ring is 1. The van der Waals surface area contributed by atoms with Crippen LogP contribution in [0.5, 0.6) is 0 Å². The van der Waals surface area contributed by atoms with Crippen molar-refractivity contribution in [1.29, 1.82) is 0 Å². The first-order valence-electron chi connectivity index (χ1n) is 14.2. The van der Waals surface area contributed by atoms with E-state index in [2.05, 4.69) is 15.0 Å². The lowest BCUT2D eigenvalue weighted by molar-refractivity contribution is -0.0121. The van der Waals surface area contributed by atoms with E-state index in [1.54, 1.807) is 18.2 Å². The summed E-state index contributed by atoms with van der Waals surface area (Å²) in [7, 11) is -4.10. The molecule has 0 radical (unpaired) electrons. The van der Waals surface area contributed by atoms with Crippen molar-refractivity contribution in [3.8, 4) is 11.3 Å². The Balaban J connectivity index is 1.33. The second-order valence-electron chi connectivity index (χ2n) is 11.4. The minimum atomic E-state index is -4.10. The zero-order chi connectivity index (χ0) is 29.6. The van der Waals surface area contributed by atoms with Crippen LogP contribution in [0.1, 0.15) is 57.1 Å². The highest BCUT2D eigenvalue weighted by Crippen LogP contribution is 2.42. The van der Waals surface area contributed by atoms with Crippen molar-refractivity contribution in [3.05, 3.63) is 65.1 Å². The quantitative estimate of drug-likeness (QED) is 0.227. The molecule has 1 saturated carbocycles. The van der Waals surface area contributed by atoms with Gasteiger partial charge in [0.15, 0.2) is 0 Å². The third kappa shape index (κ3) is 5.46. The number of hydrogen-bond acceptors (Lipinski definition) is 7. The van der Waals surface area contributed by atoms with Crippen molar-refractivity contribution in [3.63, 3.8) is 0 Å². The van der Waals surface area contributed by atoms with Gasteiger partial charge in [-0.15, -0.1) is 0 Å². The summed E-state index contributed by atoms with van der Waals surface area (Å²) in [6, 6.07) is 11.2. The largest absolute Gasteiger partial charge is 0.383 e. The molecule has 3 heterocycles. The zero-order valence-electron chi connectivity index (χ0n) is 23.5. The maximum Gasteiger partial charge on any atom is 0.263 e. The molecular weight excluding hydrogens is 579 g/mol. The van der Waals surface area contributed by atoms with Crippen LogP contribution in [0.4, 0.5) is 15.9 Å². The Hall–Kier alpha value is -3.25. The van der Waals surface area contributed by atoms with E-state index in [1.165, 1.54) is 24.3 Å². The molecule has 2 fully saturated rings. The Bertz CT molecular complexity index is 1730. The molecule has 6 rings (SSSR count). The number of anilines is 2. The monoisotopic (exact) mass is 612 g/mol. The molecule has 0 bridgehead atoms. The van der Waals surface area contributed by atoms with Gasteiger partial charge in [-0.1, -0.05) is 29.8 Å². The molecule has 4 aromatic rings. The SMILES string of the molecule is CC(C)n1nc(-c2ccc(NS(=O)(=O)c3ccccc3Cl)c(F)c2)c2c(N)ncc(C3CCC(NC4COC4)CC3)c21. The highest BCUT2D eigenvalue weighted by atomic mass is 35.5. The summed E-state index contributed by atoms with van der Waals surface area (Å²) in [5.41, 5.74) is 9.24. The Morgan fingerprint density at radius 1 is 1.10 bits per heavy atom. The number of fused-ring (bicyclic) bond motifs is 1. The summed E-state index contributed by atoms with van der Waals surface area (Å²) in [6.45, 7) is 5.66. The fraction of sp³-hybridized carbons (Fsp3) is 0.400. The molecule has 1 aliphatic carbocycles. The van der Waals surface area contributed by atoms with Crippen molar-refractivity contribution < 1.29 is 17.5 Å². The summed E-state index contributed by atoms with van der Waals surface area (Å²) < 4.78 is 50.8. The molecule has 0 amide bonds. The fourth-order valence-corrected chi connectivity index (χ4v) is 7.52. The number of ether oxygens (including phenoxy) is 1. The minimum Gasteiger partial charge on any atom is -0.383 e. The highest BCUT2D eigenvalue weighted by Gasteiger charge is 2.30. The number of nitrogens with zero attached hydrogens (tertiary/aromatic N) is 3. The molecule has 0 atom stereocenters. The summed E-state index contributed by atoms with van der Waals surface area (Å²) in [5.74, 6) is -0.127. The third-order valence-corrected chi connectivity index (χ3v) is 10.0. The van der Waals surface area contributed by atoms with Crippen LogP contribution in [0.15, 0.2) is 53.6 Å². The first kappa shape index (κ1) is 28.9. The van der Waals surface area contributed by atoms with Crippen LogP contribution in [0, 0.1) is 5.82 Å². The molecule has 4 N–H and O–H groups in total. The molecule has 2 aromatic heterocycles. The maximum atomic E-state index is 15.4. The molecule has 222 valence electrons. The van der Waals surface area contributed by atoms with Crippen molar-refractivity contribution in [2.24, 2.45) is 0 Å². The summed E-state index contributed by atoms with van der Waals surface area (Å²) in [4.78, 5) is 4.42. The van der Waals surface area contributed by atoms with E-state index in [1.807, 2.05) is 24.7 Å². The van der Waals surface area contributed by atoms with Crippen LogP contribution in [0.25, 0.3) is 22.2 Å². The number of sulfonamides is 1. The van der Waals surface area contributed by atoms with Crippen LogP contribution >= 0.6 is 11.6 Å². The van der Waals surface area contributed by atoms with E-state index in [4.69, 9.17) is 27.2 Å². The van der Waals surface area contributed by atoms with Crippen molar-refractivity contribution >= 4 is 44.0 Å². The molecule has 12 heteroatoms. The van der Waals surface area contributed by atoms with Gasteiger partial charge in [0.1, 0.15) is 22.2 Å². The molecular formula is C30H34ClFN6O3S. The summed E-state index contributed by atoms with van der Waals surface area (Å²) >= 11 is 6.07. The zero-order valence-corrected chi connectivity index (χ0v) is 25.1. The van der Waals surface area contributed by atoms with Gasteiger partial charge in [-0.25, -0.2) is 17.8 Å². The number of rotatable bonds is 8. The molecule has 2 aromatic carbocycles. The smallest absolute Gasteiger partial charge is 0.263 e. The fourth-order valence-electron chi connectivity index (χ4n) is 5.94. The molecule has 1 saturated heterocycles. The lowest BCUT2D eigenvalue weighted by Crippen LogP contribution is -2.51. The Labute approximate surface area is 249 Å². The van der Waals surface area contributed by atoms with E-state index < -0.39 is 15.8 Å². The van der Waals surface area contributed by atoms with Crippen molar-refractivity contribution in [1.82, 2.24) is 20.1 Å². The van der Waals surface area contributed by atoms with Gasteiger partial charge in [-0.05, 0) is 75.3 Å². The molecule has 2 aliphatic rings. The molecule has 1 aliphatic heterocycles. The van der Waals surface area contributed by atoms with Gasteiger partial charge in [0.05, 0.1) is 40.9 Å².